The van der Waals surface area contributed by atoms with Crippen molar-refractivity contribution in [3.63, 3.8) is 0 Å². The highest BCUT2D eigenvalue weighted by atomic mass is 32.2. The minimum atomic E-state index is -0.310. The molecule has 2 amide bonds. The van der Waals surface area contributed by atoms with Crippen LogP contribution in [0.3, 0.4) is 0 Å². The lowest BCUT2D eigenvalue weighted by molar-refractivity contribution is -0.113. The molecule has 1 atom stereocenters. The van der Waals surface area contributed by atoms with Crippen LogP contribution in [-0.4, -0.2) is 32.3 Å². The van der Waals surface area contributed by atoms with Gasteiger partial charge in [-0.25, -0.2) is 0 Å². The summed E-state index contributed by atoms with van der Waals surface area (Å²) < 4.78 is 1.85. The third-order valence-corrected chi connectivity index (χ3v) is 6.41. The van der Waals surface area contributed by atoms with E-state index in [2.05, 4.69) is 27.8 Å². The minimum Gasteiger partial charge on any atom is -0.342 e. The first-order chi connectivity index (χ1) is 15.8. The highest BCUT2D eigenvalue weighted by Gasteiger charge is 2.25. The monoisotopic (exact) mass is 465 g/mol. The highest BCUT2D eigenvalue weighted by Crippen LogP contribution is 2.25. The van der Waals surface area contributed by atoms with Crippen molar-refractivity contribution >= 4 is 29.3 Å². The van der Waals surface area contributed by atoms with Gasteiger partial charge in [-0.15, -0.1) is 10.2 Å². The Hall–Kier alpha value is -3.13. The van der Waals surface area contributed by atoms with Gasteiger partial charge in [-0.3, -0.25) is 9.59 Å². The van der Waals surface area contributed by atoms with Crippen molar-refractivity contribution < 1.29 is 9.59 Å². The van der Waals surface area contributed by atoms with E-state index in [0.29, 0.717) is 16.5 Å². The van der Waals surface area contributed by atoms with Crippen molar-refractivity contribution in [1.82, 2.24) is 20.1 Å². The first-order valence-electron chi connectivity index (χ1n) is 11.1. The maximum absolute atomic E-state index is 12.8. The summed E-state index contributed by atoms with van der Waals surface area (Å²) in [4.78, 5) is 25.3. The Kier molecular flexibility index (Phi) is 8.27. The van der Waals surface area contributed by atoms with Crippen LogP contribution in [0, 0.1) is 12.8 Å². The van der Waals surface area contributed by atoms with Crippen LogP contribution in [0.1, 0.15) is 54.1 Å². The maximum Gasteiger partial charge on any atom is 0.251 e. The zero-order valence-corrected chi connectivity index (χ0v) is 20.6. The number of benzene rings is 2. The van der Waals surface area contributed by atoms with Crippen molar-refractivity contribution in [2.75, 3.05) is 11.1 Å². The molecule has 2 N–H and O–H groups in total. The number of hydrogen-bond donors (Lipinski definition) is 2. The fraction of sp³-hybridized carbons (Fsp3) is 0.360. The molecule has 0 saturated heterocycles. The van der Waals surface area contributed by atoms with Gasteiger partial charge in [0.15, 0.2) is 11.0 Å². The first-order valence-corrected chi connectivity index (χ1v) is 12.1. The summed E-state index contributed by atoms with van der Waals surface area (Å²) in [6.45, 7) is 8.08. The highest BCUT2D eigenvalue weighted by molar-refractivity contribution is 7.99. The normalized spacial score (nSPS) is 11.9. The third kappa shape index (κ3) is 6.22. The number of aromatic nitrogens is 3. The van der Waals surface area contributed by atoms with Crippen LogP contribution < -0.4 is 10.6 Å². The average molecular weight is 466 g/mol. The van der Waals surface area contributed by atoms with Gasteiger partial charge in [-0.05, 0) is 43.0 Å². The van der Waals surface area contributed by atoms with Crippen LogP contribution in [0.2, 0.25) is 0 Å². The number of anilines is 1. The molecule has 1 heterocycles. The van der Waals surface area contributed by atoms with Crippen molar-refractivity contribution in [2.45, 2.75) is 45.3 Å². The Morgan fingerprint density at radius 3 is 2.55 bits per heavy atom. The van der Waals surface area contributed by atoms with E-state index in [1.165, 1.54) is 11.8 Å². The Morgan fingerprint density at radius 2 is 1.85 bits per heavy atom. The molecule has 2 aromatic carbocycles. The summed E-state index contributed by atoms with van der Waals surface area (Å²) in [6.07, 6.45) is 0.848. The molecular formula is C25H31N5O2S. The van der Waals surface area contributed by atoms with Gasteiger partial charge in [0.2, 0.25) is 5.91 Å². The number of rotatable bonds is 9. The number of amides is 2. The molecule has 3 rings (SSSR count). The topological polar surface area (TPSA) is 88.9 Å². The van der Waals surface area contributed by atoms with Crippen LogP contribution in [0.15, 0.2) is 53.7 Å². The zero-order chi connectivity index (χ0) is 24.0. The van der Waals surface area contributed by atoms with Gasteiger partial charge in [-0.1, -0.05) is 68.4 Å². The van der Waals surface area contributed by atoms with Gasteiger partial charge in [0.25, 0.3) is 5.91 Å². The number of carbonyl (C=O) groups is 2. The SMILES string of the molecule is CCc1ccccc1NC(=O)CSc1nnc([C@H](NC(=O)c2cccc(C)c2)C(C)C)n1C. The van der Waals surface area contributed by atoms with E-state index in [9.17, 15) is 9.59 Å². The smallest absolute Gasteiger partial charge is 0.251 e. The molecule has 0 fully saturated rings. The molecule has 0 aliphatic heterocycles. The second-order valence-corrected chi connectivity index (χ2v) is 9.25. The quantitative estimate of drug-likeness (QED) is 0.453. The third-order valence-electron chi connectivity index (χ3n) is 5.38. The van der Waals surface area contributed by atoms with Gasteiger partial charge >= 0.3 is 0 Å². The summed E-state index contributed by atoms with van der Waals surface area (Å²) >= 11 is 1.32. The fourth-order valence-electron chi connectivity index (χ4n) is 3.53. The average Bonchev–Trinajstić information content (AvgIpc) is 3.16. The number of nitrogens with one attached hydrogen (secondary N) is 2. The Labute approximate surface area is 199 Å². The standard InChI is InChI=1S/C25H31N5O2S/c1-6-18-11-7-8-13-20(18)26-21(31)15-33-25-29-28-23(30(25)5)22(16(2)3)27-24(32)19-12-9-10-17(4)14-19/h7-14,16,22H,6,15H2,1-5H3,(H,26,31)(H,27,32)/t22-/m1/s1. The van der Waals surface area contributed by atoms with Gasteiger partial charge < -0.3 is 15.2 Å². The predicted molar refractivity (Wildman–Crippen MR) is 132 cm³/mol. The van der Waals surface area contributed by atoms with Crippen LogP contribution >= 0.6 is 11.8 Å². The minimum absolute atomic E-state index is 0.0985. The van der Waals surface area contributed by atoms with E-state index >= 15 is 0 Å². The summed E-state index contributed by atoms with van der Waals surface area (Å²) in [5, 5.41) is 15.3. The lowest BCUT2D eigenvalue weighted by Crippen LogP contribution is -2.33. The maximum atomic E-state index is 12.8. The lowest BCUT2D eigenvalue weighted by atomic mass is 10.0. The summed E-state index contributed by atoms with van der Waals surface area (Å²) in [5.74, 6) is 0.729. The fourth-order valence-corrected chi connectivity index (χ4v) is 4.25. The van der Waals surface area contributed by atoms with Crippen LogP contribution in [0.25, 0.3) is 0 Å². The van der Waals surface area contributed by atoms with Crippen LogP contribution in [-0.2, 0) is 18.3 Å². The molecule has 0 unspecified atom stereocenters. The number of thioether (sulfide) groups is 1. The van der Waals surface area contributed by atoms with Gasteiger partial charge in [0, 0.05) is 18.3 Å². The molecule has 0 radical (unpaired) electrons. The molecule has 0 spiro atoms. The second kappa shape index (κ2) is 11.1. The molecule has 33 heavy (non-hydrogen) atoms. The molecule has 1 aromatic heterocycles. The van der Waals surface area contributed by atoms with Crippen LogP contribution in [0.5, 0.6) is 0 Å². The van der Waals surface area contributed by atoms with E-state index in [0.717, 1.165) is 23.2 Å². The molecule has 0 bridgehead atoms. The largest absolute Gasteiger partial charge is 0.342 e. The van der Waals surface area contributed by atoms with Gasteiger partial charge in [0.1, 0.15) is 0 Å². The van der Waals surface area contributed by atoms with E-state index in [1.54, 1.807) is 6.07 Å². The second-order valence-electron chi connectivity index (χ2n) is 8.31. The number of para-hydroxylation sites is 1. The molecule has 3 aromatic rings. The summed E-state index contributed by atoms with van der Waals surface area (Å²) in [6, 6.07) is 15.0. The molecule has 0 saturated carbocycles. The molecule has 0 aliphatic carbocycles. The van der Waals surface area contributed by atoms with Crippen molar-refractivity contribution in [3.8, 4) is 0 Å². The van der Waals surface area contributed by atoms with Crippen LogP contribution in [0.4, 0.5) is 5.69 Å². The lowest BCUT2D eigenvalue weighted by Gasteiger charge is -2.22. The van der Waals surface area contributed by atoms with Crippen molar-refractivity contribution in [3.05, 3.63) is 71.0 Å². The molecule has 8 heteroatoms. The summed E-state index contributed by atoms with van der Waals surface area (Å²) in [5.41, 5.74) is 3.58. The Balaban J connectivity index is 1.67. The van der Waals surface area contributed by atoms with E-state index < -0.39 is 0 Å². The van der Waals surface area contributed by atoms with Gasteiger partial charge in [0.05, 0.1) is 11.8 Å². The predicted octanol–water partition coefficient (Wildman–Crippen LogP) is 4.54. The first kappa shape index (κ1) is 24.5. The Morgan fingerprint density at radius 1 is 1.09 bits per heavy atom. The van der Waals surface area contributed by atoms with E-state index in [-0.39, 0.29) is 29.5 Å². The zero-order valence-electron chi connectivity index (χ0n) is 19.8. The molecule has 174 valence electrons. The Bertz CT molecular complexity index is 1130. The summed E-state index contributed by atoms with van der Waals surface area (Å²) in [7, 11) is 1.86. The van der Waals surface area contributed by atoms with Crippen molar-refractivity contribution in [2.24, 2.45) is 13.0 Å². The molecular weight excluding hydrogens is 434 g/mol. The number of nitrogens with zero attached hydrogens (tertiary/aromatic N) is 3. The van der Waals surface area contributed by atoms with E-state index in [1.807, 2.05) is 74.9 Å². The van der Waals surface area contributed by atoms with Gasteiger partial charge in [-0.2, -0.15) is 0 Å². The van der Waals surface area contributed by atoms with E-state index in [4.69, 9.17) is 0 Å². The number of aryl methyl sites for hydroxylation is 2. The number of carbonyl (C=O) groups excluding carboxylic acids is 2. The molecule has 0 aliphatic rings. The van der Waals surface area contributed by atoms with Crippen molar-refractivity contribution in [1.29, 1.82) is 0 Å². The number of hydrogen-bond acceptors (Lipinski definition) is 5. The molecule has 7 nitrogen and oxygen atoms in total.